The van der Waals surface area contributed by atoms with Crippen LogP contribution in [0.4, 0.5) is 0 Å². The number of carboxylic acid groups (broad SMARTS) is 1. The largest absolute Gasteiger partial charge is 0.477 e. The summed E-state index contributed by atoms with van der Waals surface area (Å²) in [5.41, 5.74) is 0. The highest BCUT2D eigenvalue weighted by atomic mass is 16.7. The zero-order valence-electron chi connectivity index (χ0n) is 47.6. The number of carboxylic acids is 1. The number of aliphatic carboxylic acids is 1. The van der Waals surface area contributed by atoms with Gasteiger partial charge in [0.05, 0.1) is 34.4 Å². The topological polar surface area (TPSA) is 108 Å². The van der Waals surface area contributed by atoms with Gasteiger partial charge in [0.2, 0.25) is 0 Å². The van der Waals surface area contributed by atoms with Crippen molar-refractivity contribution in [1.82, 2.24) is 0 Å². The van der Waals surface area contributed by atoms with Gasteiger partial charge < -0.3 is 28.5 Å². The predicted molar refractivity (Wildman–Crippen MR) is 304 cm³/mol. The summed E-state index contributed by atoms with van der Waals surface area (Å²) in [5, 5.41) is 9.71. The number of carbonyl (C=O) groups is 3. The Balaban J connectivity index is 4.19. The summed E-state index contributed by atoms with van der Waals surface area (Å²) in [6.07, 6.45) is 65.8. The second-order valence-corrected chi connectivity index (χ2v) is 21.3. The smallest absolute Gasteiger partial charge is 0.361 e. The van der Waals surface area contributed by atoms with Crippen molar-refractivity contribution in [2.45, 2.75) is 277 Å². The molecule has 418 valence electrons. The van der Waals surface area contributed by atoms with Gasteiger partial charge in [0, 0.05) is 12.8 Å². The first kappa shape index (κ1) is 69.0. The van der Waals surface area contributed by atoms with Crippen molar-refractivity contribution in [2.75, 3.05) is 47.5 Å². The maximum atomic E-state index is 12.9. The van der Waals surface area contributed by atoms with E-state index in [1.165, 1.54) is 167 Å². The molecule has 2 atom stereocenters. The van der Waals surface area contributed by atoms with E-state index in [2.05, 4.69) is 74.6 Å². The first-order valence-electron chi connectivity index (χ1n) is 30.0. The van der Waals surface area contributed by atoms with Gasteiger partial charge >= 0.3 is 17.9 Å². The highest BCUT2D eigenvalue weighted by molar-refractivity contribution is 5.71. The summed E-state index contributed by atoms with van der Waals surface area (Å²) in [5.74, 6) is -1.99. The number of hydrogen-bond donors (Lipinski definition) is 1. The van der Waals surface area contributed by atoms with Crippen molar-refractivity contribution in [3.8, 4) is 0 Å². The predicted octanol–water partition coefficient (Wildman–Crippen LogP) is 17.6. The molecule has 0 aliphatic rings. The summed E-state index contributed by atoms with van der Waals surface area (Å²) in [6, 6.07) is 0. The van der Waals surface area contributed by atoms with Crippen LogP contribution in [0.15, 0.2) is 60.8 Å². The number of esters is 2. The lowest BCUT2D eigenvalue weighted by molar-refractivity contribution is -0.870. The zero-order valence-corrected chi connectivity index (χ0v) is 47.6. The van der Waals surface area contributed by atoms with Gasteiger partial charge in [0.1, 0.15) is 13.2 Å². The minimum Gasteiger partial charge on any atom is -0.477 e. The van der Waals surface area contributed by atoms with Gasteiger partial charge in [0.15, 0.2) is 6.10 Å². The molecule has 9 nitrogen and oxygen atoms in total. The first-order valence-corrected chi connectivity index (χ1v) is 30.0. The molecule has 0 fully saturated rings. The molecule has 2 unspecified atom stereocenters. The van der Waals surface area contributed by atoms with Crippen LogP contribution in [0.3, 0.4) is 0 Å². The zero-order chi connectivity index (χ0) is 52.7. The minimum absolute atomic E-state index is 0.180. The third kappa shape index (κ3) is 54.8. The summed E-state index contributed by atoms with van der Waals surface area (Å²) in [7, 11) is 5.97. The molecule has 0 bridgehead atoms. The Kier molecular flexibility index (Phi) is 52.0. The van der Waals surface area contributed by atoms with Crippen LogP contribution >= 0.6 is 0 Å². The number of rotatable bonds is 55. The molecule has 0 aliphatic carbocycles. The second-order valence-electron chi connectivity index (χ2n) is 21.3. The van der Waals surface area contributed by atoms with Gasteiger partial charge in [0.25, 0.3) is 6.29 Å². The monoisotopic (exact) mass is 1010 g/mol. The van der Waals surface area contributed by atoms with E-state index in [9.17, 15) is 19.5 Å². The normalized spacial score (nSPS) is 13.2. The Morgan fingerprint density at radius 2 is 0.792 bits per heavy atom. The Hall–Kier alpha value is -3.01. The average Bonchev–Trinajstić information content (AvgIpc) is 3.35. The molecular formula is C63H114NO8+. The van der Waals surface area contributed by atoms with Gasteiger partial charge in [-0.25, -0.2) is 4.79 Å². The SMILES string of the molecule is CC/C=C\C/C=C\C/C=C\C/C=C\C/C=C\CCCCCCCCCCCCCCCC(=O)OC(COC(=O)CCCCCCCCCCCCCCCCCCCC)COC(OCC[N+](C)(C)C)C(=O)O. The molecule has 0 amide bonds. The van der Waals surface area contributed by atoms with Gasteiger partial charge in [-0.1, -0.05) is 254 Å². The van der Waals surface area contributed by atoms with Crippen LogP contribution in [0, 0.1) is 0 Å². The minimum atomic E-state index is -1.51. The summed E-state index contributed by atoms with van der Waals surface area (Å²) in [6.45, 7) is 4.80. The van der Waals surface area contributed by atoms with E-state index >= 15 is 0 Å². The molecule has 0 aliphatic heterocycles. The molecule has 0 saturated carbocycles. The van der Waals surface area contributed by atoms with E-state index in [0.29, 0.717) is 17.4 Å². The summed E-state index contributed by atoms with van der Waals surface area (Å²) in [4.78, 5) is 37.4. The molecular weight excluding hydrogens is 899 g/mol. The number of ether oxygens (including phenoxy) is 4. The van der Waals surface area contributed by atoms with E-state index in [4.69, 9.17) is 18.9 Å². The molecule has 0 spiro atoms. The lowest BCUT2D eigenvalue weighted by Gasteiger charge is -2.25. The third-order valence-corrected chi connectivity index (χ3v) is 13.0. The molecule has 9 heteroatoms. The molecule has 0 saturated heterocycles. The molecule has 0 heterocycles. The van der Waals surface area contributed by atoms with E-state index < -0.39 is 24.3 Å². The first-order chi connectivity index (χ1) is 35.1. The Morgan fingerprint density at radius 3 is 1.18 bits per heavy atom. The fourth-order valence-corrected chi connectivity index (χ4v) is 8.45. The molecule has 0 rings (SSSR count). The fraction of sp³-hybridized carbons (Fsp3) is 0.794. The highest BCUT2D eigenvalue weighted by Crippen LogP contribution is 2.17. The Bertz CT molecular complexity index is 1360. The second kappa shape index (κ2) is 54.3. The van der Waals surface area contributed by atoms with Gasteiger partial charge in [-0.15, -0.1) is 0 Å². The van der Waals surface area contributed by atoms with Crippen molar-refractivity contribution in [3.63, 3.8) is 0 Å². The number of quaternary nitrogens is 1. The number of allylic oxidation sites excluding steroid dienone is 10. The van der Waals surface area contributed by atoms with Crippen molar-refractivity contribution >= 4 is 17.9 Å². The number of nitrogens with zero attached hydrogens (tertiary/aromatic N) is 1. The Morgan fingerprint density at radius 1 is 0.431 bits per heavy atom. The molecule has 0 aromatic heterocycles. The molecule has 0 radical (unpaired) electrons. The summed E-state index contributed by atoms with van der Waals surface area (Å²) >= 11 is 0. The van der Waals surface area contributed by atoms with Crippen LogP contribution < -0.4 is 0 Å². The molecule has 0 aromatic rings. The van der Waals surface area contributed by atoms with Crippen molar-refractivity contribution in [1.29, 1.82) is 0 Å². The molecule has 1 N–H and O–H groups in total. The maximum Gasteiger partial charge on any atom is 0.361 e. The molecule has 0 aromatic carbocycles. The average molecular weight is 1010 g/mol. The summed E-state index contributed by atoms with van der Waals surface area (Å²) < 4.78 is 22.9. The van der Waals surface area contributed by atoms with Gasteiger partial charge in [-0.2, -0.15) is 0 Å². The number of carbonyl (C=O) groups excluding carboxylic acids is 2. The Labute approximate surface area is 444 Å². The standard InChI is InChI=1S/C63H113NO8/c1-6-8-10-12-14-16-18-20-22-24-26-27-28-29-30-31-32-33-34-35-36-38-40-42-44-46-48-50-52-54-61(66)72-59(58-71-63(62(67)68)69-56-55-64(3,4)5)57-70-60(65)53-51-49-47-45-43-41-39-37-25-23-21-19-17-15-13-11-9-7-2/h8,10,14,16,20,22,26-27,29-30,59,63H,6-7,9,11-13,15,17-19,21,23-25,28,31-58H2,1-5H3/p+1/b10-8-,16-14-,22-20-,27-26-,30-29-. The quantitative estimate of drug-likeness (QED) is 0.0211. The van der Waals surface area contributed by atoms with E-state index in [-0.39, 0.29) is 32.2 Å². The van der Waals surface area contributed by atoms with Crippen molar-refractivity contribution < 1.29 is 42.9 Å². The van der Waals surface area contributed by atoms with Crippen molar-refractivity contribution in [2.24, 2.45) is 0 Å². The van der Waals surface area contributed by atoms with Crippen LogP contribution in [-0.2, 0) is 33.3 Å². The van der Waals surface area contributed by atoms with Crippen LogP contribution in [0.1, 0.15) is 264 Å². The van der Waals surface area contributed by atoms with E-state index in [1.807, 2.05) is 21.1 Å². The highest BCUT2D eigenvalue weighted by Gasteiger charge is 2.25. The number of likely N-dealkylation sites (N-methyl/N-ethyl adjacent to an activating group) is 1. The number of unbranched alkanes of at least 4 members (excludes halogenated alkanes) is 30. The van der Waals surface area contributed by atoms with Crippen LogP contribution in [0.25, 0.3) is 0 Å². The van der Waals surface area contributed by atoms with Crippen LogP contribution in [0.2, 0.25) is 0 Å². The van der Waals surface area contributed by atoms with Crippen LogP contribution in [-0.4, -0.2) is 87.4 Å². The maximum absolute atomic E-state index is 12.9. The third-order valence-electron chi connectivity index (χ3n) is 13.0. The lowest BCUT2D eigenvalue weighted by Crippen LogP contribution is -2.40. The lowest BCUT2D eigenvalue weighted by atomic mass is 10.0. The fourth-order valence-electron chi connectivity index (χ4n) is 8.45. The molecule has 72 heavy (non-hydrogen) atoms. The van der Waals surface area contributed by atoms with E-state index in [0.717, 1.165) is 70.6 Å². The van der Waals surface area contributed by atoms with E-state index in [1.54, 1.807) is 0 Å². The number of hydrogen-bond acceptors (Lipinski definition) is 7. The van der Waals surface area contributed by atoms with Gasteiger partial charge in [-0.3, -0.25) is 9.59 Å². The van der Waals surface area contributed by atoms with Gasteiger partial charge in [-0.05, 0) is 57.8 Å². The van der Waals surface area contributed by atoms with Crippen molar-refractivity contribution in [3.05, 3.63) is 60.8 Å². The van der Waals surface area contributed by atoms with Crippen LogP contribution in [0.5, 0.6) is 0 Å².